The molecule has 4 nitrogen and oxygen atoms in total. The lowest BCUT2D eigenvalue weighted by Gasteiger charge is -2.29. The molecule has 1 aromatic rings. The van der Waals surface area contributed by atoms with Crippen LogP contribution in [0.15, 0.2) is 0 Å². The first kappa shape index (κ1) is 16.1. The molecule has 0 aliphatic heterocycles. The van der Waals surface area contributed by atoms with Crippen LogP contribution in [-0.2, 0) is 5.41 Å². The third-order valence-corrected chi connectivity index (χ3v) is 4.40. The van der Waals surface area contributed by atoms with Crippen molar-refractivity contribution in [2.45, 2.75) is 78.2 Å². The minimum atomic E-state index is -0.127. The number of hydrogen-bond donors (Lipinski definition) is 1. The van der Waals surface area contributed by atoms with E-state index in [0.29, 0.717) is 11.7 Å². The van der Waals surface area contributed by atoms with E-state index in [2.05, 4.69) is 37.7 Å². The molecule has 2 N–H and O–H groups in total. The van der Waals surface area contributed by atoms with Gasteiger partial charge in [0, 0.05) is 5.41 Å². The molecule has 1 heterocycles. The van der Waals surface area contributed by atoms with Gasteiger partial charge >= 0.3 is 0 Å². The van der Waals surface area contributed by atoms with E-state index in [0.717, 1.165) is 30.1 Å². The molecule has 0 saturated heterocycles. The fraction of sp³-hybridized carbons (Fsp3) is 0.765. The molecule has 1 aromatic heterocycles. The van der Waals surface area contributed by atoms with Crippen molar-refractivity contribution in [3.05, 3.63) is 11.4 Å². The Bertz CT molecular complexity index is 494. The number of nitrogens with zero attached hydrogens (tertiary/aromatic N) is 2. The van der Waals surface area contributed by atoms with Crippen LogP contribution >= 0.6 is 0 Å². The molecule has 2 unspecified atom stereocenters. The molecule has 0 radical (unpaired) electrons. The largest absolute Gasteiger partial charge is 0.474 e. The minimum absolute atomic E-state index is 0.127. The lowest BCUT2D eigenvalue weighted by Crippen LogP contribution is -2.27. The number of nitrogen functional groups attached to an aromatic ring is 1. The molecular weight excluding hydrogens is 262 g/mol. The average molecular weight is 291 g/mol. The molecule has 1 fully saturated rings. The van der Waals surface area contributed by atoms with Gasteiger partial charge in [-0.15, -0.1) is 0 Å². The molecular formula is C17H29N3O. The summed E-state index contributed by atoms with van der Waals surface area (Å²) in [7, 11) is 0. The summed E-state index contributed by atoms with van der Waals surface area (Å²) in [6.07, 6.45) is 6.32. The second kappa shape index (κ2) is 6.20. The van der Waals surface area contributed by atoms with Gasteiger partial charge in [0.2, 0.25) is 5.88 Å². The second-order valence-corrected chi connectivity index (χ2v) is 7.29. The van der Waals surface area contributed by atoms with E-state index in [1.165, 1.54) is 19.3 Å². The van der Waals surface area contributed by atoms with E-state index in [4.69, 9.17) is 10.5 Å². The van der Waals surface area contributed by atoms with Gasteiger partial charge in [-0.1, -0.05) is 40.5 Å². The zero-order valence-corrected chi connectivity index (χ0v) is 14.1. The Morgan fingerprint density at radius 1 is 1.24 bits per heavy atom. The lowest BCUT2D eigenvalue weighted by molar-refractivity contribution is 0.115. The van der Waals surface area contributed by atoms with Crippen molar-refractivity contribution in [1.29, 1.82) is 0 Å². The number of anilines is 1. The summed E-state index contributed by atoms with van der Waals surface area (Å²) in [6.45, 7) is 10.5. The number of ether oxygens (including phenoxy) is 1. The van der Waals surface area contributed by atoms with Crippen LogP contribution in [0.3, 0.4) is 0 Å². The van der Waals surface area contributed by atoms with E-state index < -0.39 is 0 Å². The first-order valence-electron chi connectivity index (χ1n) is 8.12. The lowest BCUT2D eigenvalue weighted by atomic mass is 9.85. The van der Waals surface area contributed by atoms with Crippen LogP contribution in [-0.4, -0.2) is 16.1 Å². The maximum atomic E-state index is 6.20. The van der Waals surface area contributed by atoms with E-state index in [9.17, 15) is 0 Å². The predicted octanol–water partition coefficient (Wildman–Crippen LogP) is 4.01. The van der Waals surface area contributed by atoms with Gasteiger partial charge in [-0.2, -0.15) is 4.98 Å². The predicted molar refractivity (Wildman–Crippen MR) is 86.5 cm³/mol. The highest BCUT2D eigenvalue weighted by Gasteiger charge is 2.25. The minimum Gasteiger partial charge on any atom is -0.474 e. The molecule has 0 spiro atoms. The fourth-order valence-electron chi connectivity index (χ4n) is 2.84. The topological polar surface area (TPSA) is 61.0 Å². The highest BCUT2D eigenvalue weighted by Crippen LogP contribution is 2.32. The van der Waals surface area contributed by atoms with Gasteiger partial charge in [0.1, 0.15) is 17.7 Å². The quantitative estimate of drug-likeness (QED) is 0.914. The van der Waals surface area contributed by atoms with Crippen LogP contribution in [0.25, 0.3) is 0 Å². The summed E-state index contributed by atoms with van der Waals surface area (Å²) in [4.78, 5) is 9.05. The Kier molecular flexibility index (Phi) is 4.74. The number of aromatic nitrogens is 2. The first-order chi connectivity index (χ1) is 9.81. The van der Waals surface area contributed by atoms with Gasteiger partial charge in [0.25, 0.3) is 0 Å². The number of rotatable bonds is 3. The van der Waals surface area contributed by atoms with Crippen LogP contribution in [0.4, 0.5) is 5.82 Å². The summed E-state index contributed by atoms with van der Waals surface area (Å²) in [6, 6.07) is 0. The molecule has 0 amide bonds. The van der Waals surface area contributed by atoms with Crippen molar-refractivity contribution >= 4 is 5.82 Å². The summed E-state index contributed by atoms with van der Waals surface area (Å²) in [5.41, 5.74) is 6.78. The summed E-state index contributed by atoms with van der Waals surface area (Å²) in [5, 5.41) is 0. The Morgan fingerprint density at radius 2 is 1.95 bits per heavy atom. The van der Waals surface area contributed by atoms with E-state index >= 15 is 0 Å². The molecule has 1 saturated carbocycles. The Balaban J connectivity index is 2.21. The van der Waals surface area contributed by atoms with Gasteiger partial charge in [-0.05, 0) is 32.1 Å². The van der Waals surface area contributed by atoms with Gasteiger partial charge in [-0.25, -0.2) is 4.98 Å². The SMILES string of the molecule is CCC1CCCC(Oc2nc(C(C)(C)C)nc(N)c2C)C1. The maximum Gasteiger partial charge on any atom is 0.222 e. The molecule has 2 rings (SSSR count). The fourth-order valence-corrected chi connectivity index (χ4v) is 2.84. The van der Waals surface area contributed by atoms with Gasteiger partial charge < -0.3 is 10.5 Å². The Labute approximate surface area is 128 Å². The molecule has 21 heavy (non-hydrogen) atoms. The van der Waals surface area contributed by atoms with Crippen molar-refractivity contribution < 1.29 is 4.74 Å². The van der Waals surface area contributed by atoms with Crippen LogP contribution < -0.4 is 10.5 Å². The number of nitrogens with two attached hydrogens (primary N) is 1. The normalized spacial score (nSPS) is 23.1. The summed E-state index contributed by atoms with van der Waals surface area (Å²) >= 11 is 0. The summed E-state index contributed by atoms with van der Waals surface area (Å²) < 4.78 is 6.20. The zero-order valence-electron chi connectivity index (χ0n) is 14.1. The van der Waals surface area contributed by atoms with Crippen molar-refractivity contribution in [2.75, 3.05) is 5.73 Å². The highest BCUT2D eigenvalue weighted by molar-refractivity contribution is 5.45. The molecule has 0 aromatic carbocycles. The monoisotopic (exact) mass is 291 g/mol. The highest BCUT2D eigenvalue weighted by atomic mass is 16.5. The van der Waals surface area contributed by atoms with Crippen LogP contribution in [0.5, 0.6) is 5.88 Å². The molecule has 2 atom stereocenters. The first-order valence-corrected chi connectivity index (χ1v) is 8.12. The van der Waals surface area contributed by atoms with Crippen molar-refractivity contribution in [3.8, 4) is 5.88 Å². The van der Waals surface area contributed by atoms with E-state index in [1.807, 2.05) is 6.92 Å². The molecule has 118 valence electrons. The van der Waals surface area contributed by atoms with Crippen LogP contribution in [0, 0.1) is 12.8 Å². The molecule has 4 heteroatoms. The third-order valence-electron chi connectivity index (χ3n) is 4.40. The van der Waals surface area contributed by atoms with Crippen LogP contribution in [0.2, 0.25) is 0 Å². The van der Waals surface area contributed by atoms with Gasteiger partial charge in [0.05, 0.1) is 5.56 Å². The van der Waals surface area contributed by atoms with Crippen LogP contribution in [0.1, 0.15) is 71.2 Å². The smallest absolute Gasteiger partial charge is 0.222 e. The van der Waals surface area contributed by atoms with E-state index in [-0.39, 0.29) is 11.5 Å². The van der Waals surface area contributed by atoms with Crippen molar-refractivity contribution in [2.24, 2.45) is 5.92 Å². The standard InChI is InChI=1S/C17H29N3O/c1-6-12-8-7-9-13(10-12)21-15-11(2)14(18)19-16(20-15)17(3,4)5/h12-13H,6-10H2,1-5H3,(H2,18,19,20). The summed E-state index contributed by atoms with van der Waals surface area (Å²) in [5.74, 6) is 2.75. The Hall–Kier alpha value is -1.32. The van der Waals surface area contributed by atoms with E-state index in [1.54, 1.807) is 0 Å². The second-order valence-electron chi connectivity index (χ2n) is 7.29. The van der Waals surface area contributed by atoms with Crippen molar-refractivity contribution in [1.82, 2.24) is 9.97 Å². The number of hydrogen-bond acceptors (Lipinski definition) is 4. The molecule has 1 aliphatic rings. The third kappa shape index (κ3) is 3.86. The zero-order chi connectivity index (χ0) is 15.6. The Morgan fingerprint density at radius 3 is 2.57 bits per heavy atom. The van der Waals surface area contributed by atoms with Gasteiger partial charge in [-0.3, -0.25) is 0 Å². The average Bonchev–Trinajstić information content (AvgIpc) is 2.42. The van der Waals surface area contributed by atoms with Crippen molar-refractivity contribution in [3.63, 3.8) is 0 Å². The maximum absolute atomic E-state index is 6.20. The van der Waals surface area contributed by atoms with Gasteiger partial charge in [0.15, 0.2) is 0 Å². The molecule has 0 bridgehead atoms. The molecule has 1 aliphatic carbocycles.